The molecule has 0 amide bonds. The van der Waals surface area contributed by atoms with E-state index in [0.717, 1.165) is 9.79 Å². The molecule has 4 N–H and O–H groups in total. The van der Waals surface area contributed by atoms with Crippen molar-refractivity contribution in [1.29, 1.82) is 0 Å². The minimum Gasteiger partial charge on any atom is -0.368 e. The van der Waals surface area contributed by atoms with E-state index in [-0.39, 0.29) is 12.6 Å². The van der Waals surface area contributed by atoms with Crippen LogP contribution < -0.4 is 5.73 Å². The Kier molecular flexibility index (Phi) is 6.40. The van der Waals surface area contributed by atoms with Gasteiger partial charge in [0, 0.05) is 16.3 Å². The Bertz CT molecular complexity index is 993. The summed E-state index contributed by atoms with van der Waals surface area (Å²) in [6.45, 7) is 0.442. The molecule has 0 saturated carbocycles. The van der Waals surface area contributed by atoms with Crippen LogP contribution in [0.2, 0.25) is 0 Å². The van der Waals surface area contributed by atoms with Gasteiger partial charge >= 0.3 is 7.60 Å². The molecule has 0 radical (unpaired) electrons. The monoisotopic (exact) mass is 427 g/mol. The highest BCUT2D eigenvalue weighted by molar-refractivity contribution is 8.00. The molecule has 3 aromatic rings. The number of aromatic nitrogens is 4. The molecule has 0 aliphatic carbocycles. The van der Waals surface area contributed by atoms with Gasteiger partial charge in [-0.05, 0) is 24.5 Å². The highest BCUT2D eigenvalue weighted by Crippen LogP contribution is 2.34. The van der Waals surface area contributed by atoms with Crippen molar-refractivity contribution >= 4 is 48.2 Å². The fourth-order valence-corrected chi connectivity index (χ4v) is 4.13. The SMILES string of the molecule is CSc1cccc(Sc2nc(N)nc3c2ncn3CCOCP(=O)(O)O)c1. The largest absolute Gasteiger partial charge is 0.368 e. The second-order valence-corrected chi connectivity index (χ2v) is 9.01. The molecule has 1 aromatic carbocycles. The number of imidazole rings is 1. The number of fused-ring (bicyclic) bond motifs is 1. The summed E-state index contributed by atoms with van der Waals surface area (Å²) < 4.78 is 17.5. The molecule has 27 heavy (non-hydrogen) atoms. The average molecular weight is 427 g/mol. The minimum atomic E-state index is -4.18. The first-order valence-electron chi connectivity index (χ1n) is 7.78. The summed E-state index contributed by atoms with van der Waals surface area (Å²) in [6.07, 6.45) is 2.98. The van der Waals surface area contributed by atoms with E-state index >= 15 is 0 Å². The first-order chi connectivity index (χ1) is 12.9. The Morgan fingerprint density at radius 1 is 1.30 bits per heavy atom. The number of nitrogen functional groups attached to an aromatic ring is 1. The molecule has 0 saturated heterocycles. The lowest BCUT2D eigenvalue weighted by molar-refractivity contribution is 0.149. The van der Waals surface area contributed by atoms with Gasteiger partial charge in [0.2, 0.25) is 5.95 Å². The van der Waals surface area contributed by atoms with Crippen LogP contribution in [-0.4, -0.2) is 48.5 Å². The van der Waals surface area contributed by atoms with Crippen molar-refractivity contribution in [1.82, 2.24) is 19.5 Å². The van der Waals surface area contributed by atoms with Crippen molar-refractivity contribution < 1.29 is 19.1 Å². The first kappa shape index (κ1) is 20.1. The van der Waals surface area contributed by atoms with Crippen molar-refractivity contribution in [3.05, 3.63) is 30.6 Å². The van der Waals surface area contributed by atoms with Gasteiger partial charge in [-0.25, -0.2) is 9.97 Å². The number of thioether (sulfide) groups is 1. The molecular formula is C15H18N5O4PS2. The van der Waals surface area contributed by atoms with Gasteiger partial charge in [0.25, 0.3) is 0 Å². The van der Waals surface area contributed by atoms with Gasteiger partial charge in [-0.3, -0.25) is 4.57 Å². The van der Waals surface area contributed by atoms with Crippen LogP contribution in [0.5, 0.6) is 0 Å². The van der Waals surface area contributed by atoms with Gasteiger partial charge in [0.15, 0.2) is 5.65 Å². The van der Waals surface area contributed by atoms with E-state index in [2.05, 4.69) is 21.0 Å². The summed E-state index contributed by atoms with van der Waals surface area (Å²) in [4.78, 5) is 32.7. The molecule has 144 valence electrons. The van der Waals surface area contributed by atoms with E-state index in [4.69, 9.17) is 20.3 Å². The molecule has 0 atom stereocenters. The van der Waals surface area contributed by atoms with E-state index < -0.39 is 13.9 Å². The number of anilines is 1. The van der Waals surface area contributed by atoms with Crippen LogP contribution in [0.15, 0.2) is 45.4 Å². The van der Waals surface area contributed by atoms with Crippen LogP contribution in [0.1, 0.15) is 0 Å². The van der Waals surface area contributed by atoms with E-state index in [1.165, 1.54) is 11.8 Å². The third-order valence-electron chi connectivity index (χ3n) is 3.44. The smallest absolute Gasteiger partial charge is 0.350 e. The predicted molar refractivity (Wildman–Crippen MR) is 105 cm³/mol. The maximum absolute atomic E-state index is 10.8. The van der Waals surface area contributed by atoms with E-state index in [9.17, 15) is 4.57 Å². The molecule has 2 heterocycles. The Morgan fingerprint density at radius 3 is 2.81 bits per heavy atom. The molecule has 0 fully saturated rings. The fraction of sp³-hybridized carbons (Fsp3) is 0.267. The van der Waals surface area contributed by atoms with Crippen molar-refractivity contribution in [2.24, 2.45) is 0 Å². The zero-order chi connectivity index (χ0) is 19.4. The van der Waals surface area contributed by atoms with E-state index in [0.29, 0.717) is 22.7 Å². The summed E-state index contributed by atoms with van der Waals surface area (Å²) in [6, 6.07) is 8.06. The normalized spacial score (nSPS) is 12.0. The van der Waals surface area contributed by atoms with Crippen LogP contribution >= 0.6 is 31.1 Å². The minimum absolute atomic E-state index is 0.110. The number of nitrogens with zero attached hydrogens (tertiary/aromatic N) is 4. The van der Waals surface area contributed by atoms with Crippen molar-refractivity contribution in [3.8, 4) is 0 Å². The van der Waals surface area contributed by atoms with Crippen LogP contribution in [0, 0.1) is 0 Å². The predicted octanol–water partition coefficient (Wildman–Crippen LogP) is 2.43. The number of ether oxygens (including phenoxy) is 1. The van der Waals surface area contributed by atoms with Crippen molar-refractivity contribution in [2.45, 2.75) is 21.4 Å². The Balaban J connectivity index is 1.81. The van der Waals surface area contributed by atoms with Gasteiger partial charge in [-0.15, -0.1) is 11.8 Å². The molecule has 12 heteroatoms. The lowest BCUT2D eigenvalue weighted by atomic mass is 10.4. The zero-order valence-electron chi connectivity index (χ0n) is 14.3. The van der Waals surface area contributed by atoms with Crippen LogP contribution in [-0.2, 0) is 15.8 Å². The number of benzene rings is 1. The number of rotatable bonds is 8. The van der Waals surface area contributed by atoms with Gasteiger partial charge in [0.1, 0.15) is 16.9 Å². The number of hydrogen-bond donors (Lipinski definition) is 3. The summed E-state index contributed by atoms with van der Waals surface area (Å²) >= 11 is 3.11. The highest BCUT2D eigenvalue weighted by Gasteiger charge is 2.15. The maximum Gasteiger partial charge on any atom is 0.350 e. The molecular weight excluding hydrogens is 409 g/mol. The number of nitrogens with two attached hydrogens (primary N) is 1. The Morgan fingerprint density at radius 2 is 2.07 bits per heavy atom. The fourth-order valence-electron chi connectivity index (χ4n) is 2.29. The van der Waals surface area contributed by atoms with Crippen LogP contribution in [0.3, 0.4) is 0 Å². The lowest BCUT2D eigenvalue weighted by Crippen LogP contribution is -2.07. The Hall–Kier alpha value is -1.62. The standard InChI is InChI=1S/C15H18N5O4PS2/c1-26-10-3-2-4-11(7-10)27-14-12-13(18-15(16)19-14)20(8-17-12)5-6-24-9-25(21,22)23/h2-4,7-8H,5-6,9H2,1H3,(H2,16,18,19)(H2,21,22,23). The average Bonchev–Trinajstić information content (AvgIpc) is 3.01. The molecule has 0 unspecified atom stereocenters. The molecule has 0 aliphatic heterocycles. The first-order valence-corrected chi connectivity index (χ1v) is 11.6. The van der Waals surface area contributed by atoms with Crippen LogP contribution in [0.25, 0.3) is 11.2 Å². The highest BCUT2D eigenvalue weighted by atomic mass is 32.2. The van der Waals surface area contributed by atoms with Crippen molar-refractivity contribution in [3.63, 3.8) is 0 Å². The molecule has 2 aromatic heterocycles. The second-order valence-electron chi connectivity index (χ2n) is 5.48. The summed E-state index contributed by atoms with van der Waals surface area (Å²) in [7, 11) is -4.18. The second kappa shape index (κ2) is 8.59. The summed E-state index contributed by atoms with van der Waals surface area (Å²) in [5.74, 6) is 0.129. The zero-order valence-corrected chi connectivity index (χ0v) is 16.9. The summed E-state index contributed by atoms with van der Waals surface area (Å²) in [5, 5.41) is 0.644. The maximum atomic E-state index is 10.8. The molecule has 0 bridgehead atoms. The van der Waals surface area contributed by atoms with E-state index in [1.807, 2.05) is 24.5 Å². The van der Waals surface area contributed by atoms with Crippen LogP contribution in [0.4, 0.5) is 5.95 Å². The third kappa shape index (κ3) is 5.44. The van der Waals surface area contributed by atoms with Gasteiger partial charge in [-0.2, -0.15) is 4.98 Å². The Labute approximate surface area is 163 Å². The van der Waals surface area contributed by atoms with Gasteiger partial charge in [0.05, 0.1) is 12.9 Å². The van der Waals surface area contributed by atoms with Gasteiger partial charge < -0.3 is 24.8 Å². The third-order valence-corrected chi connectivity index (χ3v) is 5.65. The van der Waals surface area contributed by atoms with E-state index in [1.54, 1.807) is 22.7 Å². The van der Waals surface area contributed by atoms with Gasteiger partial charge in [-0.1, -0.05) is 17.8 Å². The lowest BCUT2D eigenvalue weighted by Gasteiger charge is -2.08. The van der Waals surface area contributed by atoms with Crippen molar-refractivity contribution in [2.75, 3.05) is 24.9 Å². The number of hydrogen-bond acceptors (Lipinski definition) is 8. The molecule has 0 aliphatic rings. The molecule has 0 spiro atoms. The molecule has 3 rings (SSSR count). The molecule has 9 nitrogen and oxygen atoms in total. The topological polar surface area (TPSA) is 136 Å². The quantitative estimate of drug-likeness (QED) is 0.213. The summed E-state index contributed by atoms with van der Waals surface area (Å²) in [5.41, 5.74) is 7.02.